The van der Waals surface area contributed by atoms with Gasteiger partial charge in [-0.3, -0.25) is 14.4 Å². The fraction of sp³-hybridized carbons (Fsp3) is 0.606. The second-order valence-corrected chi connectivity index (χ2v) is 16.8. The molecule has 0 spiro atoms. The van der Waals surface area contributed by atoms with Gasteiger partial charge in [-0.25, -0.2) is 23.1 Å². The third kappa shape index (κ3) is 6.60. The molecule has 3 fully saturated rings. The zero-order valence-corrected chi connectivity index (χ0v) is 29.4. The summed E-state index contributed by atoms with van der Waals surface area (Å²) < 4.78 is 39.2. The average molecular weight is 701 g/mol. The van der Waals surface area contributed by atoms with Crippen LogP contribution in [0.2, 0.25) is 0 Å². The number of nitrogens with one attached hydrogen (secondary N) is 3. The second-order valence-electron chi connectivity index (χ2n) is 13.4. The first kappa shape index (κ1) is 34.4. The van der Waals surface area contributed by atoms with E-state index < -0.39 is 55.6 Å². The van der Waals surface area contributed by atoms with Crippen LogP contribution in [0.1, 0.15) is 64.0 Å². The number of ether oxygens (including phenoxy) is 2. The summed E-state index contributed by atoms with van der Waals surface area (Å²) in [6.45, 7) is 3.52. The van der Waals surface area contributed by atoms with Crippen LogP contribution in [0.3, 0.4) is 0 Å². The highest BCUT2D eigenvalue weighted by Gasteiger charge is 2.59. The molecule has 3 amide bonds. The Morgan fingerprint density at radius 2 is 1.94 bits per heavy atom. The van der Waals surface area contributed by atoms with Crippen LogP contribution in [0.25, 0.3) is 11.0 Å². The molecule has 48 heavy (non-hydrogen) atoms. The molecule has 6 rings (SSSR count). The first-order valence-electron chi connectivity index (χ1n) is 16.6. The van der Waals surface area contributed by atoms with Crippen molar-refractivity contribution < 1.29 is 32.3 Å². The SMILES string of the molecule is CN[C@H]1CCCCC/C=C\[C@@H]2CS[C@@]2(C(=O)NS(=O)(=O)C2(C)CC2)NC(=O)[C@@H]2C[C@@H](Oc3nc4cc(OC)ccc4nc3C)CN2C1=O. The van der Waals surface area contributed by atoms with Crippen LogP contribution in [0.15, 0.2) is 30.4 Å². The Kier molecular flexibility index (Phi) is 9.66. The molecule has 15 heteroatoms. The van der Waals surface area contributed by atoms with Crippen molar-refractivity contribution in [3.63, 3.8) is 0 Å². The van der Waals surface area contributed by atoms with Crippen molar-refractivity contribution in [1.82, 2.24) is 30.2 Å². The van der Waals surface area contributed by atoms with Gasteiger partial charge in [0, 0.05) is 24.2 Å². The standard InChI is InChI=1S/C33H44N6O7S2/c1-20-29(36-26-16-22(45-4)12-13-24(26)35-20)46-23-17-27-28(40)37-33(31(42)38-48(43,44)32(2)14-15-32)21(19-47-33)10-8-6-5-7-9-11-25(34-3)30(41)39(27)18-23/h8,10,12-13,16,21,23,25,27,34H,5-7,9,11,14-15,17-19H2,1-4H3,(H,37,40)(H,38,42)/b10-8-/t21-,23-,25+,27+,33+/m1/s1. The number of rotatable bonds is 7. The quantitative estimate of drug-likeness (QED) is 0.363. The highest BCUT2D eigenvalue weighted by molar-refractivity contribution is 8.03. The van der Waals surface area contributed by atoms with Gasteiger partial charge in [0.25, 0.3) is 5.91 Å². The van der Waals surface area contributed by atoms with Gasteiger partial charge < -0.3 is 25.0 Å². The van der Waals surface area contributed by atoms with E-state index in [1.165, 1.54) is 16.7 Å². The summed E-state index contributed by atoms with van der Waals surface area (Å²) in [7, 11) is -0.650. The number of aryl methyl sites for hydroxylation is 1. The van der Waals surface area contributed by atoms with Gasteiger partial charge in [-0.05, 0) is 65.1 Å². The Morgan fingerprint density at radius 3 is 2.62 bits per heavy atom. The zero-order valence-electron chi connectivity index (χ0n) is 27.8. The number of carbonyl (C=O) groups is 3. The largest absolute Gasteiger partial charge is 0.497 e. The number of likely N-dealkylation sites (N-methyl/N-ethyl adjacent to an activating group) is 1. The fourth-order valence-electron chi connectivity index (χ4n) is 6.51. The van der Waals surface area contributed by atoms with E-state index in [0.29, 0.717) is 47.5 Å². The highest BCUT2D eigenvalue weighted by Crippen LogP contribution is 2.47. The fourth-order valence-corrected chi connectivity index (χ4v) is 9.10. The van der Waals surface area contributed by atoms with Crippen molar-refractivity contribution in [2.45, 2.75) is 93.0 Å². The summed E-state index contributed by atoms with van der Waals surface area (Å²) >= 11 is 1.20. The van der Waals surface area contributed by atoms with E-state index in [1.807, 2.05) is 18.2 Å². The molecule has 1 saturated carbocycles. The normalized spacial score (nSPS) is 29.7. The highest BCUT2D eigenvalue weighted by atomic mass is 32.2. The number of amides is 3. The molecule has 4 heterocycles. The molecule has 2 aromatic rings. The molecular formula is C33H44N6O7S2. The van der Waals surface area contributed by atoms with Crippen molar-refractivity contribution in [2.75, 3.05) is 26.5 Å². The maximum atomic E-state index is 14.3. The number of methoxy groups -OCH3 is 1. The number of thioether (sulfide) groups is 1. The van der Waals surface area contributed by atoms with Crippen molar-refractivity contribution in [3.8, 4) is 11.6 Å². The third-order valence-corrected chi connectivity index (χ3v) is 13.7. The topological polar surface area (TPSA) is 169 Å². The van der Waals surface area contributed by atoms with E-state index in [0.717, 1.165) is 25.7 Å². The molecule has 4 aliphatic rings. The molecule has 2 saturated heterocycles. The zero-order chi connectivity index (χ0) is 34.3. The van der Waals surface area contributed by atoms with Crippen LogP contribution in [0.5, 0.6) is 11.6 Å². The van der Waals surface area contributed by atoms with Crippen molar-refractivity contribution in [1.29, 1.82) is 0 Å². The smallest absolute Gasteiger partial charge is 0.270 e. The lowest BCUT2D eigenvalue weighted by atomic mass is 9.96. The van der Waals surface area contributed by atoms with E-state index in [4.69, 9.17) is 9.47 Å². The van der Waals surface area contributed by atoms with E-state index in [2.05, 4.69) is 25.3 Å². The van der Waals surface area contributed by atoms with Gasteiger partial charge in [0.15, 0.2) is 4.87 Å². The molecule has 1 aliphatic carbocycles. The summed E-state index contributed by atoms with van der Waals surface area (Å²) in [4.78, 5) is 51.5. The lowest BCUT2D eigenvalue weighted by Gasteiger charge is -2.47. The van der Waals surface area contributed by atoms with Crippen LogP contribution >= 0.6 is 11.8 Å². The lowest BCUT2D eigenvalue weighted by Crippen LogP contribution is -2.69. The number of hydrogen-bond donors (Lipinski definition) is 3. The molecule has 0 bridgehead atoms. The number of nitrogens with zero attached hydrogens (tertiary/aromatic N) is 3. The van der Waals surface area contributed by atoms with E-state index >= 15 is 0 Å². The van der Waals surface area contributed by atoms with E-state index in [1.54, 1.807) is 40.1 Å². The predicted molar refractivity (Wildman–Crippen MR) is 182 cm³/mol. The Hall–Kier alpha value is -3.43. The van der Waals surface area contributed by atoms with Gasteiger partial charge in [0.2, 0.25) is 27.7 Å². The summed E-state index contributed by atoms with van der Waals surface area (Å²) in [6.07, 6.45) is 8.42. The summed E-state index contributed by atoms with van der Waals surface area (Å²) in [5.74, 6) is -0.520. The maximum absolute atomic E-state index is 14.3. The van der Waals surface area contributed by atoms with Crippen molar-refractivity contribution >= 4 is 50.5 Å². The van der Waals surface area contributed by atoms with Gasteiger partial charge in [0.05, 0.1) is 35.5 Å². The molecule has 5 atom stereocenters. The number of fused-ring (bicyclic) bond motifs is 3. The van der Waals surface area contributed by atoms with Gasteiger partial charge >= 0.3 is 0 Å². The first-order valence-corrected chi connectivity index (χ1v) is 19.0. The lowest BCUT2D eigenvalue weighted by molar-refractivity contribution is -0.141. The Bertz CT molecular complexity index is 1730. The predicted octanol–water partition coefficient (Wildman–Crippen LogP) is 2.58. The van der Waals surface area contributed by atoms with E-state index in [-0.39, 0.29) is 24.8 Å². The molecular weight excluding hydrogens is 657 g/mol. The van der Waals surface area contributed by atoms with Crippen LogP contribution in [0.4, 0.5) is 0 Å². The number of carbonyl (C=O) groups excluding carboxylic acids is 3. The van der Waals surface area contributed by atoms with Crippen LogP contribution in [0, 0.1) is 12.8 Å². The van der Waals surface area contributed by atoms with Crippen molar-refractivity contribution in [3.05, 3.63) is 36.0 Å². The number of allylic oxidation sites excluding steroid dienone is 1. The van der Waals surface area contributed by atoms with Crippen LogP contribution in [-0.4, -0.2) is 95.3 Å². The molecule has 0 unspecified atom stereocenters. The maximum Gasteiger partial charge on any atom is 0.270 e. The molecule has 3 N–H and O–H groups in total. The Labute approximate surface area is 285 Å². The molecule has 0 radical (unpaired) electrons. The van der Waals surface area contributed by atoms with Crippen LogP contribution < -0.4 is 24.8 Å². The summed E-state index contributed by atoms with van der Waals surface area (Å²) in [5, 5.41) is 6.07. The number of sulfonamides is 1. The number of benzene rings is 1. The van der Waals surface area contributed by atoms with Gasteiger partial charge in [-0.1, -0.05) is 25.0 Å². The molecule has 260 valence electrons. The van der Waals surface area contributed by atoms with Crippen LogP contribution in [-0.2, 0) is 24.4 Å². The number of hydrogen-bond acceptors (Lipinski definition) is 11. The van der Waals surface area contributed by atoms with Crippen molar-refractivity contribution in [2.24, 2.45) is 5.92 Å². The monoisotopic (exact) mass is 700 g/mol. The third-order valence-electron chi connectivity index (χ3n) is 10.00. The Balaban J connectivity index is 1.30. The summed E-state index contributed by atoms with van der Waals surface area (Å²) in [6, 6.07) is 3.90. The molecule has 1 aromatic carbocycles. The number of aromatic nitrogens is 2. The minimum absolute atomic E-state index is 0.120. The van der Waals surface area contributed by atoms with E-state index in [9.17, 15) is 22.8 Å². The molecule has 13 nitrogen and oxygen atoms in total. The van der Waals surface area contributed by atoms with Gasteiger partial charge in [-0.2, -0.15) is 0 Å². The first-order chi connectivity index (χ1) is 22.9. The molecule has 3 aliphatic heterocycles. The van der Waals surface area contributed by atoms with Gasteiger partial charge in [0.1, 0.15) is 23.6 Å². The summed E-state index contributed by atoms with van der Waals surface area (Å²) in [5.41, 5.74) is 1.81. The second kappa shape index (κ2) is 13.5. The Morgan fingerprint density at radius 1 is 1.15 bits per heavy atom. The van der Waals surface area contributed by atoms with Gasteiger partial charge in [-0.15, -0.1) is 11.8 Å². The minimum atomic E-state index is -3.95. The molecule has 1 aromatic heterocycles. The average Bonchev–Trinajstić information content (AvgIpc) is 3.68. The minimum Gasteiger partial charge on any atom is -0.497 e.